The molecule has 0 aliphatic heterocycles. The Bertz CT molecular complexity index is 80.1. The zero-order chi connectivity index (χ0) is 5.86. The maximum absolute atomic E-state index is 4.13. The van der Waals surface area contributed by atoms with E-state index in [0.717, 1.165) is 16.2 Å². The molecule has 0 saturated heterocycles. The van der Waals surface area contributed by atoms with Crippen molar-refractivity contribution in [2.75, 3.05) is 0 Å². The number of hydrogen-bond donors (Lipinski definition) is 2. The van der Waals surface area contributed by atoms with Gasteiger partial charge in [-0.3, -0.25) is 0 Å². The highest BCUT2D eigenvalue weighted by atomic mass is 32.1. The van der Waals surface area contributed by atoms with Crippen LogP contribution in [-0.2, 0) is 0 Å². The smallest absolute Gasteiger partial charge is 0.00973 e. The van der Waals surface area contributed by atoms with Crippen molar-refractivity contribution in [2.45, 2.75) is 20.3 Å². The molecule has 0 amide bonds. The third kappa shape index (κ3) is 3.06. The Morgan fingerprint density at radius 2 is 1.86 bits per heavy atom. The molecule has 0 N–H and O–H groups in total. The van der Waals surface area contributed by atoms with Crippen LogP contribution in [0.15, 0.2) is 9.81 Å². The fourth-order valence-corrected chi connectivity index (χ4v) is 0.414. The zero-order valence-corrected chi connectivity index (χ0v) is 6.39. The Hall–Kier alpha value is 0.440. The lowest BCUT2D eigenvalue weighted by atomic mass is 10.4. The Morgan fingerprint density at radius 3 is 1.86 bits per heavy atom. The molecule has 0 saturated carbocycles. The fraction of sp³-hybridized carbons (Fsp3) is 0.600. The molecule has 7 heavy (non-hydrogen) atoms. The normalized spacial score (nSPS) is 13.7. The van der Waals surface area contributed by atoms with Crippen molar-refractivity contribution in [3.05, 3.63) is 9.81 Å². The molecule has 2 heteroatoms. The summed E-state index contributed by atoms with van der Waals surface area (Å²) < 4.78 is 0. The molecular formula is C5H10S2. The topological polar surface area (TPSA) is 0 Å². The summed E-state index contributed by atoms with van der Waals surface area (Å²) in [6, 6.07) is 0. The van der Waals surface area contributed by atoms with Gasteiger partial charge in [0, 0.05) is 0 Å². The van der Waals surface area contributed by atoms with Gasteiger partial charge in [-0.15, -0.1) is 25.3 Å². The molecule has 0 unspecified atom stereocenters. The average Bonchev–Trinajstić information content (AvgIpc) is 1.65. The second kappa shape index (κ2) is 3.44. The van der Waals surface area contributed by atoms with Crippen molar-refractivity contribution >= 4 is 25.3 Å². The van der Waals surface area contributed by atoms with Crippen LogP contribution in [0.1, 0.15) is 20.3 Å². The molecule has 0 aliphatic carbocycles. The third-order valence-corrected chi connectivity index (χ3v) is 1.85. The van der Waals surface area contributed by atoms with Gasteiger partial charge in [-0.25, -0.2) is 0 Å². The first-order chi connectivity index (χ1) is 3.18. The molecule has 0 heterocycles. The summed E-state index contributed by atoms with van der Waals surface area (Å²) in [5.41, 5.74) is 0. The predicted octanol–water partition coefficient (Wildman–Crippen LogP) is 2.49. The standard InChI is InChI=1S/C5H10S2/c1-3-5(7)4(2)6/h6-7H,3H2,1-2H3/b5-4-. The van der Waals surface area contributed by atoms with Crippen LogP contribution >= 0.6 is 25.3 Å². The maximum Gasteiger partial charge on any atom is -0.00973 e. The summed E-state index contributed by atoms with van der Waals surface area (Å²) in [5, 5.41) is 0. The van der Waals surface area contributed by atoms with Gasteiger partial charge in [0.15, 0.2) is 0 Å². The lowest BCUT2D eigenvalue weighted by Gasteiger charge is -1.92. The van der Waals surface area contributed by atoms with E-state index in [1.54, 1.807) is 0 Å². The van der Waals surface area contributed by atoms with Crippen molar-refractivity contribution in [1.29, 1.82) is 0 Å². The van der Waals surface area contributed by atoms with Crippen LogP contribution < -0.4 is 0 Å². The van der Waals surface area contributed by atoms with Gasteiger partial charge in [-0.1, -0.05) is 6.92 Å². The Balaban J connectivity index is 3.72. The summed E-state index contributed by atoms with van der Waals surface area (Å²) in [6.45, 7) is 4.00. The van der Waals surface area contributed by atoms with Crippen LogP contribution in [0, 0.1) is 0 Å². The van der Waals surface area contributed by atoms with Gasteiger partial charge in [-0.2, -0.15) is 0 Å². The fourth-order valence-electron chi connectivity index (χ4n) is 0.256. The van der Waals surface area contributed by atoms with Crippen molar-refractivity contribution in [3.8, 4) is 0 Å². The minimum Gasteiger partial charge on any atom is -0.147 e. The minimum absolute atomic E-state index is 0.985. The van der Waals surface area contributed by atoms with Gasteiger partial charge in [-0.05, 0) is 23.2 Å². The predicted molar refractivity (Wildman–Crippen MR) is 41.0 cm³/mol. The molecule has 0 atom stereocenters. The lowest BCUT2D eigenvalue weighted by Crippen LogP contribution is -1.67. The molecule has 42 valence electrons. The van der Waals surface area contributed by atoms with Crippen LogP contribution in [0.2, 0.25) is 0 Å². The monoisotopic (exact) mass is 134 g/mol. The highest BCUT2D eigenvalue weighted by molar-refractivity contribution is 7.88. The maximum atomic E-state index is 4.13. The molecule has 0 radical (unpaired) electrons. The first kappa shape index (κ1) is 7.44. The number of thiol groups is 2. The van der Waals surface area contributed by atoms with E-state index in [0.29, 0.717) is 0 Å². The van der Waals surface area contributed by atoms with E-state index in [4.69, 9.17) is 0 Å². The Morgan fingerprint density at radius 1 is 1.43 bits per heavy atom. The van der Waals surface area contributed by atoms with E-state index in [1.807, 2.05) is 6.92 Å². The van der Waals surface area contributed by atoms with Gasteiger partial charge < -0.3 is 0 Å². The van der Waals surface area contributed by atoms with Gasteiger partial charge in [0.05, 0.1) is 0 Å². The summed E-state index contributed by atoms with van der Waals surface area (Å²) in [4.78, 5) is 2.09. The zero-order valence-electron chi connectivity index (χ0n) is 4.60. The second-order valence-corrected chi connectivity index (χ2v) is 2.60. The summed E-state index contributed by atoms with van der Waals surface area (Å²) in [5.74, 6) is 0. The molecule has 0 aromatic heterocycles. The molecule has 0 fully saturated rings. The largest absolute Gasteiger partial charge is 0.147 e. The molecule has 0 aliphatic rings. The molecule has 0 aromatic rings. The molecule has 0 aromatic carbocycles. The van der Waals surface area contributed by atoms with Gasteiger partial charge in [0.1, 0.15) is 0 Å². The van der Waals surface area contributed by atoms with E-state index in [9.17, 15) is 0 Å². The van der Waals surface area contributed by atoms with Crippen molar-refractivity contribution < 1.29 is 0 Å². The average molecular weight is 134 g/mol. The second-order valence-electron chi connectivity index (χ2n) is 1.39. The van der Waals surface area contributed by atoms with Crippen LogP contribution in [0.25, 0.3) is 0 Å². The van der Waals surface area contributed by atoms with Crippen LogP contribution in [0.5, 0.6) is 0 Å². The lowest BCUT2D eigenvalue weighted by molar-refractivity contribution is 1.19. The van der Waals surface area contributed by atoms with Crippen LogP contribution in [0.3, 0.4) is 0 Å². The van der Waals surface area contributed by atoms with Crippen molar-refractivity contribution in [2.24, 2.45) is 0 Å². The van der Waals surface area contributed by atoms with Crippen molar-refractivity contribution in [1.82, 2.24) is 0 Å². The highest BCUT2D eigenvalue weighted by Gasteiger charge is 1.85. The highest BCUT2D eigenvalue weighted by Crippen LogP contribution is 2.13. The summed E-state index contributed by atoms with van der Waals surface area (Å²) in [6.07, 6.45) is 0.985. The molecule has 0 nitrogen and oxygen atoms in total. The number of hydrogen-bond acceptors (Lipinski definition) is 2. The van der Waals surface area contributed by atoms with Gasteiger partial charge >= 0.3 is 0 Å². The van der Waals surface area contributed by atoms with Crippen LogP contribution in [0.4, 0.5) is 0 Å². The van der Waals surface area contributed by atoms with Gasteiger partial charge in [0.2, 0.25) is 0 Å². The number of allylic oxidation sites excluding steroid dienone is 2. The van der Waals surface area contributed by atoms with E-state index in [-0.39, 0.29) is 0 Å². The SMILES string of the molecule is CC/C(S)=C(\C)S. The first-order valence-electron chi connectivity index (χ1n) is 2.26. The first-order valence-corrected chi connectivity index (χ1v) is 3.15. The van der Waals surface area contributed by atoms with Crippen molar-refractivity contribution in [3.63, 3.8) is 0 Å². The molecular weight excluding hydrogens is 124 g/mol. The molecule has 0 bridgehead atoms. The van der Waals surface area contributed by atoms with E-state index in [1.165, 1.54) is 0 Å². The third-order valence-electron chi connectivity index (χ3n) is 0.753. The van der Waals surface area contributed by atoms with E-state index < -0.39 is 0 Å². The Kier molecular flexibility index (Phi) is 3.66. The Labute approximate surface area is 55.8 Å². The van der Waals surface area contributed by atoms with Crippen LogP contribution in [-0.4, -0.2) is 0 Å². The summed E-state index contributed by atoms with van der Waals surface area (Å²) in [7, 11) is 0. The summed E-state index contributed by atoms with van der Waals surface area (Å²) >= 11 is 8.20. The molecule has 0 spiro atoms. The van der Waals surface area contributed by atoms with E-state index >= 15 is 0 Å². The molecule has 0 rings (SSSR count). The minimum atomic E-state index is 0.985. The quantitative estimate of drug-likeness (QED) is 0.506. The van der Waals surface area contributed by atoms with Gasteiger partial charge in [0.25, 0.3) is 0 Å². The number of rotatable bonds is 1. The van der Waals surface area contributed by atoms with E-state index in [2.05, 4.69) is 32.2 Å².